The molecule has 116 valence electrons. The van der Waals surface area contributed by atoms with Crippen molar-refractivity contribution in [2.24, 2.45) is 0 Å². The SMILES string of the molecule is CCP(=O)(CC)Nc1c(C#N)cnn1-c1ccc(Cl)cc1Cl. The van der Waals surface area contributed by atoms with Gasteiger partial charge in [-0.15, -0.1) is 0 Å². The number of nitrogens with zero attached hydrogens (tertiary/aromatic N) is 3. The van der Waals surface area contributed by atoms with Gasteiger partial charge in [0, 0.05) is 17.3 Å². The van der Waals surface area contributed by atoms with E-state index in [-0.39, 0.29) is 0 Å². The molecule has 2 rings (SSSR count). The van der Waals surface area contributed by atoms with Gasteiger partial charge in [-0.3, -0.25) is 0 Å². The number of benzene rings is 1. The third kappa shape index (κ3) is 3.30. The van der Waals surface area contributed by atoms with Crippen LogP contribution in [0, 0.1) is 11.3 Å². The smallest absolute Gasteiger partial charge is 0.170 e. The maximum Gasteiger partial charge on any atom is 0.170 e. The van der Waals surface area contributed by atoms with E-state index in [1.165, 1.54) is 10.9 Å². The van der Waals surface area contributed by atoms with Crippen LogP contribution in [0.1, 0.15) is 19.4 Å². The van der Waals surface area contributed by atoms with E-state index in [9.17, 15) is 9.83 Å². The van der Waals surface area contributed by atoms with Crippen LogP contribution >= 0.6 is 30.5 Å². The highest BCUT2D eigenvalue weighted by Gasteiger charge is 2.23. The van der Waals surface area contributed by atoms with Crippen LogP contribution in [0.5, 0.6) is 0 Å². The van der Waals surface area contributed by atoms with Gasteiger partial charge in [0.05, 0.1) is 16.9 Å². The zero-order valence-electron chi connectivity index (χ0n) is 12.2. The lowest BCUT2D eigenvalue weighted by molar-refractivity contribution is 0.579. The Balaban J connectivity index is 2.57. The summed E-state index contributed by atoms with van der Waals surface area (Å²) in [6.45, 7) is 3.69. The quantitative estimate of drug-likeness (QED) is 0.782. The molecule has 1 N–H and O–H groups in total. The first-order valence-corrected chi connectivity index (χ1v) is 9.57. The van der Waals surface area contributed by atoms with Crippen LogP contribution in [0.3, 0.4) is 0 Å². The second-order valence-corrected chi connectivity index (χ2v) is 8.77. The molecule has 8 heteroatoms. The minimum Gasteiger partial charge on any atom is -0.320 e. The third-order valence-electron chi connectivity index (χ3n) is 3.36. The monoisotopic (exact) mass is 356 g/mol. The first-order valence-electron chi connectivity index (χ1n) is 6.74. The van der Waals surface area contributed by atoms with E-state index in [4.69, 9.17) is 23.2 Å². The van der Waals surface area contributed by atoms with Crippen LogP contribution in [0.25, 0.3) is 5.69 Å². The van der Waals surface area contributed by atoms with Gasteiger partial charge in [0.25, 0.3) is 0 Å². The zero-order chi connectivity index (χ0) is 16.3. The van der Waals surface area contributed by atoms with Gasteiger partial charge in [-0.25, -0.2) is 4.68 Å². The first-order chi connectivity index (χ1) is 10.4. The Morgan fingerprint density at radius 2 is 2.05 bits per heavy atom. The number of nitrogens with one attached hydrogen (secondary N) is 1. The summed E-state index contributed by atoms with van der Waals surface area (Å²) in [7, 11) is -2.61. The minimum atomic E-state index is -2.61. The predicted octanol–water partition coefficient (Wildman–Crippen LogP) is 4.78. The van der Waals surface area contributed by atoms with E-state index in [1.807, 2.05) is 13.8 Å². The van der Waals surface area contributed by atoms with Crippen LogP contribution in [0.15, 0.2) is 24.4 Å². The van der Waals surface area contributed by atoms with Crippen molar-refractivity contribution in [1.29, 1.82) is 5.26 Å². The van der Waals surface area contributed by atoms with Gasteiger partial charge in [0.15, 0.2) is 13.1 Å². The number of anilines is 1. The Labute approximate surface area is 139 Å². The van der Waals surface area contributed by atoms with Crippen molar-refractivity contribution in [3.63, 3.8) is 0 Å². The summed E-state index contributed by atoms with van der Waals surface area (Å²) in [6.07, 6.45) is 2.38. The van der Waals surface area contributed by atoms with Gasteiger partial charge in [0.1, 0.15) is 11.6 Å². The molecule has 0 aliphatic rings. The largest absolute Gasteiger partial charge is 0.320 e. The molecular formula is C14H15Cl2N4OP. The lowest BCUT2D eigenvalue weighted by Gasteiger charge is -2.19. The first kappa shape index (κ1) is 16.9. The molecule has 5 nitrogen and oxygen atoms in total. The van der Waals surface area contributed by atoms with Crippen molar-refractivity contribution in [3.8, 4) is 11.8 Å². The van der Waals surface area contributed by atoms with Gasteiger partial charge in [-0.2, -0.15) is 10.4 Å². The van der Waals surface area contributed by atoms with E-state index in [0.29, 0.717) is 39.4 Å². The lowest BCUT2D eigenvalue weighted by atomic mass is 10.3. The van der Waals surface area contributed by atoms with Crippen LogP contribution in [-0.2, 0) is 4.57 Å². The fourth-order valence-corrected chi connectivity index (χ4v) is 3.80. The number of aromatic nitrogens is 2. The summed E-state index contributed by atoms with van der Waals surface area (Å²) in [6, 6.07) is 7.02. The summed E-state index contributed by atoms with van der Waals surface area (Å²) in [5.74, 6) is 0.388. The molecule has 22 heavy (non-hydrogen) atoms. The van der Waals surface area contributed by atoms with Gasteiger partial charge in [0.2, 0.25) is 0 Å². The van der Waals surface area contributed by atoms with Crippen LogP contribution in [-0.4, -0.2) is 22.1 Å². The van der Waals surface area contributed by atoms with E-state index in [1.54, 1.807) is 18.2 Å². The Hall–Kier alpha value is -1.47. The molecule has 0 aliphatic heterocycles. The summed E-state index contributed by atoms with van der Waals surface area (Å²) < 4.78 is 14.2. The molecule has 0 saturated carbocycles. The molecule has 0 fully saturated rings. The molecule has 0 saturated heterocycles. The second-order valence-electron chi connectivity index (χ2n) is 4.66. The molecule has 0 bridgehead atoms. The Morgan fingerprint density at radius 1 is 1.36 bits per heavy atom. The molecule has 0 amide bonds. The molecule has 1 heterocycles. The molecule has 0 spiro atoms. The molecule has 0 aliphatic carbocycles. The third-order valence-corrected chi connectivity index (χ3v) is 6.56. The summed E-state index contributed by atoms with van der Waals surface area (Å²) in [5, 5.41) is 17.3. The van der Waals surface area contributed by atoms with Crippen molar-refractivity contribution < 1.29 is 4.57 Å². The highest BCUT2D eigenvalue weighted by molar-refractivity contribution is 7.65. The Bertz CT molecular complexity index is 774. The van der Waals surface area contributed by atoms with E-state index >= 15 is 0 Å². The molecule has 2 aromatic rings. The number of hydrogen-bond donors (Lipinski definition) is 1. The van der Waals surface area contributed by atoms with Crippen LogP contribution in [0.2, 0.25) is 10.0 Å². The molecule has 0 radical (unpaired) electrons. The summed E-state index contributed by atoms with van der Waals surface area (Å²) >= 11 is 12.1. The maximum atomic E-state index is 12.7. The van der Waals surface area contributed by atoms with E-state index in [2.05, 4.69) is 16.3 Å². The van der Waals surface area contributed by atoms with E-state index < -0.39 is 7.29 Å². The summed E-state index contributed by atoms with van der Waals surface area (Å²) in [4.78, 5) is 0. The van der Waals surface area contributed by atoms with Crippen molar-refractivity contribution >= 4 is 36.3 Å². The normalized spacial score (nSPS) is 11.2. The Kier molecular flexibility index (Phi) is 5.18. The van der Waals surface area contributed by atoms with Crippen LogP contribution < -0.4 is 5.09 Å². The van der Waals surface area contributed by atoms with Crippen molar-refractivity contribution in [3.05, 3.63) is 40.0 Å². The Morgan fingerprint density at radius 3 is 2.59 bits per heavy atom. The highest BCUT2D eigenvalue weighted by Crippen LogP contribution is 2.45. The number of halogens is 2. The average Bonchev–Trinajstić information content (AvgIpc) is 2.89. The standard InChI is InChI=1S/C14H15Cl2N4OP/c1-3-22(21,4-2)19-14-10(8-17)9-18-20(14)13-6-5-11(15)7-12(13)16/h5-7,9H,3-4H2,1-2H3,(H,19,21). The summed E-state index contributed by atoms with van der Waals surface area (Å²) in [5.41, 5.74) is 0.877. The van der Waals surface area contributed by atoms with Crippen molar-refractivity contribution in [2.75, 3.05) is 17.4 Å². The molecule has 1 aromatic heterocycles. The van der Waals surface area contributed by atoms with Gasteiger partial charge < -0.3 is 9.65 Å². The molecule has 0 atom stereocenters. The molecule has 1 aromatic carbocycles. The second kappa shape index (κ2) is 6.75. The van der Waals surface area contributed by atoms with Crippen LogP contribution in [0.4, 0.5) is 5.82 Å². The lowest BCUT2D eigenvalue weighted by Crippen LogP contribution is -2.08. The van der Waals surface area contributed by atoms with Gasteiger partial charge in [-0.05, 0) is 18.2 Å². The highest BCUT2D eigenvalue weighted by atomic mass is 35.5. The molecule has 0 unspecified atom stereocenters. The van der Waals surface area contributed by atoms with Gasteiger partial charge in [-0.1, -0.05) is 37.0 Å². The van der Waals surface area contributed by atoms with E-state index in [0.717, 1.165) is 0 Å². The van der Waals surface area contributed by atoms with Crippen molar-refractivity contribution in [2.45, 2.75) is 13.8 Å². The molecular weight excluding hydrogens is 342 g/mol. The maximum absolute atomic E-state index is 12.7. The number of hydrogen-bond acceptors (Lipinski definition) is 3. The fraction of sp³-hybridized carbons (Fsp3) is 0.286. The predicted molar refractivity (Wildman–Crippen MR) is 90.6 cm³/mol. The average molecular weight is 357 g/mol. The zero-order valence-corrected chi connectivity index (χ0v) is 14.6. The van der Waals surface area contributed by atoms with Gasteiger partial charge >= 0.3 is 0 Å². The fourth-order valence-electron chi connectivity index (χ4n) is 1.95. The number of rotatable bonds is 5. The number of nitriles is 1. The minimum absolute atomic E-state index is 0.313. The topological polar surface area (TPSA) is 70.7 Å². The van der Waals surface area contributed by atoms with Crippen molar-refractivity contribution in [1.82, 2.24) is 9.78 Å².